The standard InChI is InChI=1S/C15H30N2S/c1-7-10-14(13(4)16-6)18-17-15(5,11-8-2)12-9-3/h8,14,16-17H,2,4,7,9-12H2,1,3,5-6H3. The molecule has 2 atom stereocenters. The average Bonchev–Trinajstić information content (AvgIpc) is 2.34. The highest BCUT2D eigenvalue weighted by molar-refractivity contribution is 7.98. The largest absolute Gasteiger partial charge is 0.391 e. The summed E-state index contributed by atoms with van der Waals surface area (Å²) in [5.74, 6) is 0. The molecule has 2 nitrogen and oxygen atoms in total. The normalized spacial score (nSPS) is 15.8. The maximum atomic E-state index is 4.09. The molecule has 0 saturated heterocycles. The van der Waals surface area contributed by atoms with Crippen molar-refractivity contribution in [2.45, 2.75) is 63.7 Å². The molecule has 2 unspecified atom stereocenters. The third-order valence-corrected chi connectivity index (χ3v) is 4.52. The summed E-state index contributed by atoms with van der Waals surface area (Å²) in [5.41, 5.74) is 1.24. The molecule has 0 aromatic rings. The van der Waals surface area contributed by atoms with Crippen molar-refractivity contribution in [2.75, 3.05) is 7.05 Å². The molecule has 2 N–H and O–H groups in total. The predicted molar refractivity (Wildman–Crippen MR) is 85.7 cm³/mol. The van der Waals surface area contributed by atoms with Crippen molar-refractivity contribution in [3.63, 3.8) is 0 Å². The average molecular weight is 270 g/mol. The Balaban J connectivity index is 4.44. The fourth-order valence-corrected chi connectivity index (χ4v) is 3.23. The molecule has 0 aliphatic heterocycles. The van der Waals surface area contributed by atoms with E-state index in [9.17, 15) is 0 Å². The highest BCUT2D eigenvalue weighted by Crippen LogP contribution is 2.26. The number of rotatable bonds is 11. The van der Waals surface area contributed by atoms with E-state index in [0.29, 0.717) is 5.25 Å². The van der Waals surface area contributed by atoms with Crippen LogP contribution in [-0.4, -0.2) is 17.8 Å². The first-order chi connectivity index (χ1) is 8.52. The monoisotopic (exact) mass is 270 g/mol. The zero-order valence-corrected chi connectivity index (χ0v) is 13.3. The minimum atomic E-state index is 0.140. The van der Waals surface area contributed by atoms with Crippen molar-refractivity contribution in [2.24, 2.45) is 0 Å². The van der Waals surface area contributed by atoms with Crippen LogP contribution in [0.3, 0.4) is 0 Å². The lowest BCUT2D eigenvalue weighted by atomic mass is 9.94. The summed E-state index contributed by atoms with van der Waals surface area (Å²) < 4.78 is 3.64. The first-order valence-corrected chi connectivity index (χ1v) is 7.81. The quantitative estimate of drug-likeness (QED) is 0.433. The zero-order chi connectivity index (χ0) is 14.0. The molecule has 0 heterocycles. The highest BCUT2D eigenvalue weighted by atomic mass is 32.2. The van der Waals surface area contributed by atoms with Crippen LogP contribution in [-0.2, 0) is 0 Å². The van der Waals surface area contributed by atoms with E-state index in [1.165, 1.54) is 12.8 Å². The van der Waals surface area contributed by atoms with Crippen LogP contribution in [0.1, 0.15) is 52.9 Å². The molecule has 106 valence electrons. The van der Waals surface area contributed by atoms with Gasteiger partial charge in [-0.05, 0) is 26.2 Å². The Labute approximate surface area is 118 Å². The van der Waals surface area contributed by atoms with Crippen LogP contribution in [0.15, 0.2) is 24.9 Å². The first-order valence-electron chi connectivity index (χ1n) is 6.93. The Morgan fingerprint density at radius 3 is 2.50 bits per heavy atom. The van der Waals surface area contributed by atoms with Crippen molar-refractivity contribution in [1.29, 1.82) is 0 Å². The zero-order valence-electron chi connectivity index (χ0n) is 12.5. The number of nitrogens with one attached hydrogen (secondary N) is 2. The van der Waals surface area contributed by atoms with Crippen molar-refractivity contribution >= 4 is 11.9 Å². The van der Waals surface area contributed by atoms with Gasteiger partial charge in [0, 0.05) is 18.3 Å². The molecule has 18 heavy (non-hydrogen) atoms. The van der Waals surface area contributed by atoms with Crippen LogP contribution in [0.4, 0.5) is 0 Å². The SMILES string of the molecule is C=CCC(C)(CCC)NSC(CCC)C(=C)NC. The van der Waals surface area contributed by atoms with E-state index >= 15 is 0 Å². The molecular weight excluding hydrogens is 240 g/mol. The van der Waals surface area contributed by atoms with Gasteiger partial charge in [0.05, 0.1) is 5.25 Å². The van der Waals surface area contributed by atoms with Crippen LogP contribution in [0.25, 0.3) is 0 Å². The van der Waals surface area contributed by atoms with Gasteiger partial charge < -0.3 is 5.32 Å². The second kappa shape index (κ2) is 9.51. The maximum absolute atomic E-state index is 4.09. The molecule has 0 aromatic carbocycles. The Bertz CT molecular complexity index is 253. The second-order valence-electron chi connectivity index (χ2n) is 5.08. The van der Waals surface area contributed by atoms with Crippen molar-refractivity contribution in [3.8, 4) is 0 Å². The molecule has 0 radical (unpaired) electrons. The van der Waals surface area contributed by atoms with Crippen molar-refractivity contribution in [3.05, 3.63) is 24.9 Å². The van der Waals surface area contributed by atoms with Crippen LogP contribution in [0.2, 0.25) is 0 Å². The number of hydrogen-bond acceptors (Lipinski definition) is 3. The molecule has 3 heteroatoms. The molecule has 0 bridgehead atoms. The summed E-state index contributed by atoms with van der Waals surface area (Å²) >= 11 is 1.81. The molecule has 0 fully saturated rings. The smallest absolute Gasteiger partial charge is 0.0583 e. The fraction of sp³-hybridized carbons (Fsp3) is 0.733. The maximum Gasteiger partial charge on any atom is 0.0583 e. The Kier molecular flexibility index (Phi) is 9.29. The van der Waals surface area contributed by atoms with Crippen molar-refractivity contribution < 1.29 is 0 Å². The molecule has 0 saturated carbocycles. The van der Waals surface area contributed by atoms with Crippen LogP contribution in [0.5, 0.6) is 0 Å². The van der Waals surface area contributed by atoms with E-state index in [1.54, 1.807) is 11.9 Å². The molecular formula is C15H30N2S. The van der Waals surface area contributed by atoms with Gasteiger partial charge in [0.2, 0.25) is 0 Å². The second-order valence-corrected chi connectivity index (χ2v) is 6.08. The van der Waals surface area contributed by atoms with Crippen LogP contribution in [0, 0.1) is 0 Å². The molecule has 0 amide bonds. The minimum Gasteiger partial charge on any atom is -0.391 e. The van der Waals surface area contributed by atoms with Gasteiger partial charge >= 0.3 is 0 Å². The van der Waals surface area contributed by atoms with Gasteiger partial charge in [-0.25, -0.2) is 0 Å². The topological polar surface area (TPSA) is 24.1 Å². The van der Waals surface area contributed by atoms with Crippen molar-refractivity contribution in [1.82, 2.24) is 10.0 Å². The van der Waals surface area contributed by atoms with Crippen LogP contribution < -0.4 is 10.0 Å². The van der Waals surface area contributed by atoms with Gasteiger partial charge in [-0.2, -0.15) is 0 Å². The fourth-order valence-electron chi connectivity index (χ4n) is 2.01. The lowest BCUT2D eigenvalue weighted by Gasteiger charge is -2.31. The van der Waals surface area contributed by atoms with E-state index in [0.717, 1.165) is 25.0 Å². The molecule has 0 rings (SSSR count). The van der Waals surface area contributed by atoms with Gasteiger partial charge in [0.1, 0.15) is 0 Å². The van der Waals surface area contributed by atoms with Gasteiger partial charge in [0.25, 0.3) is 0 Å². The van der Waals surface area contributed by atoms with Crippen LogP contribution >= 0.6 is 11.9 Å². The van der Waals surface area contributed by atoms with Gasteiger partial charge in [-0.15, -0.1) is 6.58 Å². The predicted octanol–water partition coefficient (Wildman–Crippen LogP) is 4.26. The van der Waals surface area contributed by atoms with Gasteiger partial charge in [0.15, 0.2) is 0 Å². The van der Waals surface area contributed by atoms with E-state index in [2.05, 4.69) is 44.0 Å². The molecule has 0 aliphatic rings. The molecule has 0 aliphatic carbocycles. The third-order valence-electron chi connectivity index (χ3n) is 3.10. The van der Waals surface area contributed by atoms with E-state index in [4.69, 9.17) is 0 Å². The minimum absolute atomic E-state index is 0.140. The Morgan fingerprint density at radius 1 is 1.39 bits per heavy atom. The summed E-state index contributed by atoms with van der Waals surface area (Å²) in [4.78, 5) is 0. The first kappa shape index (κ1) is 17.6. The summed E-state index contributed by atoms with van der Waals surface area (Å²) in [6, 6.07) is 0. The molecule has 0 aromatic heterocycles. The summed E-state index contributed by atoms with van der Waals surface area (Å²) in [6.45, 7) is 14.7. The van der Waals surface area contributed by atoms with E-state index in [-0.39, 0.29) is 5.54 Å². The third kappa shape index (κ3) is 6.50. The lowest BCUT2D eigenvalue weighted by Crippen LogP contribution is -2.39. The van der Waals surface area contributed by atoms with Gasteiger partial charge in [-0.3, -0.25) is 4.72 Å². The lowest BCUT2D eigenvalue weighted by molar-refractivity contribution is 0.401. The number of hydrogen-bond donors (Lipinski definition) is 2. The Hall–Kier alpha value is -0.410. The summed E-state index contributed by atoms with van der Waals surface area (Å²) in [7, 11) is 1.94. The summed E-state index contributed by atoms with van der Waals surface area (Å²) in [6.07, 6.45) is 7.67. The molecule has 0 spiro atoms. The van der Waals surface area contributed by atoms with E-state index in [1.807, 2.05) is 13.1 Å². The summed E-state index contributed by atoms with van der Waals surface area (Å²) in [5, 5.41) is 3.61. The van der Waals surface area contributed by atoms with Gasteiger partial charge in [-0.1, -0.05) is 51.3 Å². The highest BCUT2D eigenvalue weighted by Gasteiger charge is 2.23. The van der Waals surface area contributed by atoms with E-state index < -0.39 is 0 Å². The Morgan fingerprint density at radius 2 is 2.06 bits per heavy atom.